The highest BCUT2D eigenvalue weighted by Crippen LogP contribution is 2.26. The van der Waals surface area contributed by atoms with Gasteiger partial charge in [0.1, 0.15) is 6.10 Å². The molecule has 1 saturated carbocycles. The fourth-order valence-corrected chi connectivity index (χ4v) is 3.35. The Hall–Kier alpha value is -1.30. The van der Waals surface area contributed by atoms with Gasteiger partial charge < -0.3 is 14.5 Å². The molecule has 3 fully saturated rings. The molecular formula is C15H25N3O3. The van der Waals surface area contributed by atoms with Crippen molar-refractivity contribution in [2.75, 3.05) is 39.3 Å². The number of hydrogen-bond acceptors (Lipinski definition) is 4. The Morgan fingerprint density at radius 1 is 0.952 bits per heavy atom. The minimum absolute atomic E-state index is 0.105. The van der Waals surface area contributed by atoms with Crippen LogP contribution in [0.4, 0.5) is 4.79 Å². The number of esters is 1. The molecule has 0 N–H and O–H groups in total. The van der Waals surface area contributed by atoms with Gasteiger partial charge in [-0.3, -0.25) is 9.69 Å². The number of carbonyl (C=O) groups is 2. The largest absolute Gasteiger partial charge is 0.459 e. The number of urea groups is 1. The van der Waals surface area contributed by atoms with E-state index in [0.29, 0.717) is 13.1 Å². The van der Waals surface area contributed by atoms with Crippen LogP contribution in [0.3, 0.4) is 0 Å². The SMILES string of the molecule is CC(=O)OC1CN(C(=O)N2CCCN(C3CCC3)CC2)C1. The molecule has 118 valence electrons. The zero-order chi connectivity index (χ0) is 14.8. The number of hydrogen-bond donors (Lipinski definition) is 0. The zero-order valence-corrected chi connectivity index (χ0v) is 12.8. The monoisotopic (exact) mass is 295 g/mol. The Balaban J connectivity index is 1.44. The average Bonchev–Trinajstić information content (AvgIpc) is 2.56. The maximum atomic E-state index is 12.4. The lowest BCUT2D eigenvalue weighted by molar-refractivity contribution is -0.152. The molecule has 0 spiro atoms. The normalized spacial score (nSPS) is 25.0. The third-order valence-electron chi connectivity index (χ3n) is 4.84. The maximum Gasteiger partial charge on any atom is 0.320 e. The van der Waals surface area contributed by atoms with Gasteiger partial charge in [0.25, 0.3) is 0 Å². The van der Waals surface area contributed by atoms with Gasteiger partial charge in [-0.15, -0.1) is 0 Å². The fourth-order valence-electron chi connectivity index (χ4n) is 3.35. The van der Waals surface area contributed by atoms with Crippen molar-refractivity contribution >= 4 is 12.0 Å². The second kappa shape index (κ2) is 6.22. The van der Waals surface area contributed by atoms with Crippen LogP contribution in [0.5, 0.6) is 0 Å². The van der Waals surface area contributed by atoms with E-state index in [1.54, 1.807) is 4.90 Å². The van der Waals surface area contributed by atoms with Crippen LogP contribution in [0.25, 0.3) is 0 Å². The molecule has 2 amide bonds. The Morgan fingerprint density at radius 2 is 1.71 bits per heavy atom. The summed E-state index contributed by atoms with van der Waals surface area (Å²) in [5.74, 6) is -0.266. The number of ether oxygens (including phenoxy) is 1. The fraction of sp³-hybridized carbons (Fsp3) is 0.867. The van der Waals surface area contributed by atoms with Crippen LogP contribution in [0.15, 0.2) is 0 Å². The van der Waals surface area contributed by atoms with Crippen LogP contribution in [0, 0.1) is 0 Å². The predicted molar refractivity (Wildman–Crippen MR) is 77.9 cm³/mol. The van der Waals surface area contributed by atoms with E-state index in [2.05, 4.69) is 4.90 Å². The smallest absolute Gasteiger partial charge is 0.320 e. The maximum absolute atomic E-state index is 12.4. The summed E-state index contributed by atoms with van der Waals surface area (Å²) in [4.78, 5) is 29.6. The van der Waals surface area contributed by atoms with Crippen molar-refractivity contribution in [3.05, 3.63) is 0 Å². The minimum Gasteiger partial charge on any atom is -0.459 e. The average molecular weight is 295 g/mol. The first-order valence-corrected chi connectivity index (χ1v) is 8.08. The molecule has 1 aliphatic carbocycles. The molecule has 21 heavy (non-hydrogen) atoms. The lowest BCUT2D eigenvalue weighted by Crippen LogP contribution is -2.59. The van der Waals surface area contributed by atoms with E-state index < -0.39 is 0 Å². The van der Waals surface area contributed by atoms with Crippen LogP contribution in [0.2, 0.25) is 0 Å². The molecule has 0 aromatic carbocycles. The summed E-state index contributed by atoms with van der Waals surface area (Å²) in [6.07, 6.45) is 4.96. The van der Waals surface area contributed by atoms with Gasteiger partial charge in [-0.25, -0.2) is 4.79 Å². The molecule has 0 aromatic heterocycles. The first-order chi connectivity index (χ1) is 10.1. The van der Waals surface area contributed by atoms with E-state index in [9.17, 15) is 9.59 Å². The molecule has 0 bridgehead atoms. The van der Waals surface area contributed by atoms with Crippen LogP contribution in [0.1, 0.15) is 32.6 Å². The highest BCUT2D eigenvalue weighted by atomic mass is 16.5. The summed E-state index contributed by atoms with van der Waals surface area (Å²) in [7, 11) is 0. The van der Waals surface area contributed by atoms with Gasteiger partial charge in [0.15, 0.2) is 0 Å². The highest BCUT2D eigenvalue weighted by molar-refractivity contribution is 5.76. The number of carbonyl (C=O) groups excluding carboxylic acids is 2. The van der Waals surface area contributed by atoms with Gasteiger partial charge in [-0.2, -0.15) is 0 Å². The first kappa shape index (κ1) is 14.6. The van der Waals surface area contributed by atoms with E-state index in [4.69, 9.17) is 4.74 Å². The van der Waals surface area contributed by atoms with Gasteiger partial charge >= 0.3 is 12.0 Å². The zero-order valence-electron chi connectivity index (χ0n) is 12.8. The summed E-state index contributed by atoms with van der Waals surface area (Å²) >= 11 is 0. The second-order valence-corrected chi connectivity index (χ2v) is 6.38. The molecule has 0 radical (unpaired) electrons. The second-order valence-electron chi connectivity index (χ2n) is 6.38. The lowest BCUT2D eigenvalue weighted by atomic mass is 9.91. The van der Waals surface area contributed by atoms with E-state index in [1.165, 1.54) is 26.2 Å². The molecule has 0 aromatic rings. The molecule has 0 unspecified atom stereocenters. The molecule has 6 nitrogen and oxygen atoms in total. The Labute approximate surface area is 126 Å². The van der Waals surface area contributed by atoms with Gasteiger partial charge in [-0.05, 0) is 19.3 Å². The number of rotatable bonds is 2. The lowest BCUT2D eigenvalue weighted by Gasteiger charge is -2.41. The summed E-state index contributed by atoms with van der Waals surface area (Å²) in [5.41, 5.74) is 0. The van der Waals surface area contributed by atoms with Crippen molar-refractivity contribution in [2.24, 2.45) is 0 Å². The quantitative estimate of drug-likeness (QED) is 0.711. The van der Waals surface area contributed by atoms with Crippen molar-refractivity contribution in [3.63, 3.8) is 0 Å². The van der Waals surface area contributed by atoms with E-state index >= 15 is 0 Å². The van der Waals surface area contributed by atoms with Crippen molar-refractivity contribution in [1.29, 1.82) is 0 Å². The third kappa shape index (κ3) is 3.31. The molecular weight excluding hydrogens is 270 g/mol. The minimum atomic E-state index is -0.266. The topological polar surface area (TPSA) is 53.1 Å². The molecule has 3 rings (SSSR count). The number of nitrogens with zero attached hydrogens (tertiary/aromatic N) is 3. The van der Waals surface area contributed by atoms with Gasteiger partial charge in [0, 0.05) is 39.1 Å². The molecule has 2 heterocycles. The van der Waals surface area contributed by atoms with Crippen LogP contribution >= 0.6 is 0 Å². The van der Waals surface area contributed by atoms with Crippen LogP contribution in [-0.2, 0) is 9.53 Å². The summed E-state index contributed by atoms with van der Waals surface area (Å²) in [6.45, 7) is 6.28. The standard InChI is InChI=1S/C15H25N3O3/c1-12(19)21-14-10-18(11-14)15(20)17-7-3-6-16(8-9-17)13-4-2-5-13/h13-14H,2-11H2,1H3. The van der Waals surface area contributed by atoms with Gasteiger partial charge in [0.2, 0.25) is 0 Å². The Bertz CT molecular complexity index is 405. The number of amides is 2. The predicted octanol–water partition coefficient (Wildman–Crippen LogP) is 0.914. The molecule has 6 heteroatoms. The summed E-state index contributed by atoms with van der Waals surface area (Å²) < 4.78 is 5.09. The molecule has 2 saturated heterocycles. The Morgan fingerprint density at radius 3 is 2.33 bits per heavy atom. The van der Waals surface area contributed by atoms with E-state index in [0.717, 1.165) is 38.6 Å². The molecule has 3 aliphatic rings. The number of likely N-dealkylation sites (tertiary alicyclic amines) is 1. The Kier molecular flexibility index (Phi) is 4.33. The van der Waals surface area contributed by atoms with E-state index in [1.807, 2.05) is 4.90 Å². The van der Waals surface area contributed by atoms with Crippen molar-refractivity contribution in [3.8, 4) is 0 Å². The van der Waals surface area contributed by atoms with Crippen molar-refractivity contribution in [2.45, 2.75) is 44.8 Å². The molecule has 0 atom stereocenters. The van der Waals surface area contributed by atoms with E-state index in [-0.39, 0.29) is 18.1 Å². The molecule has 2 aliphatic heterocycles. The highest BCUT2D eigenvalue weighted by Gasteiger charge is 2.36. The van der Waals surface area contributed by atoms with Crippen LogP contribution < -0.4 is 0 Å². The van der Waals surface area contributed by atoms with Crippen molar-refractivity contribution < 1.29 is 14.3 Å². The first-order valence-electron chi connectivity index (χ1n) is 8.08. The van der Waals surface area contributed by atoms with Gasteiger partial charge in [-0.1, -0.05) is 6.42 Å². The summed E-state index contributed by atoms with van der Waals surface area (Å²) in [5, 5.41) is 0. The van der Waals surface area contributed by atoms with Crippen molar-refractivity contribution in [1.82, 2.24) is 14.7 Å². The van der Waals surface area contributed by atoms with Gasteiger partial charge in [0.05, 0.1) is 13.1 Å². The van der Waals surface area contributed by atoms with Crippen LogP contribution in [-0.4, -0.2) is 78.1 Å². The summed E-state index contributed by atoms with van der Waals surface area (Å²) in [6, 6.07) is 0.867. The third-order valence-corrected chi connectivity index (χ3v) is 4.84.